The van der Waals surface area contributed by atoms with Gasteiger partial charge in [0.05, 0.1) is 58.2 Å². The number of rotatable bonds is 16. The summed E-state index contributed by atoms with van der Waals surface area (Å²) in [5, 5.41) is 70.4. The summed E-state index contributed by atoms with van der Waals surface area (Å²) in [4.78, 5) is 54.7. The van der Waals surface area contributed by atoms with Crippen molar-refractivity contribution in [2.75, 3.05) is 36.1 Å². The number of nitrogens with two attached hydrogens (primary N) is 3. The van der Waals surface area contributed by atoms with Crippen molar-refractivity contribution in [3.8, 4) is 0 Å². The fraction of sp³-hybridized carbons (Fsp3) is 0.312. The van der Waals surface area contributed by atoms with Gasteiger partial charge in [-0.1, -0.05) is 12.1 Å². The van der Waals surface area contributed by atoms with E-state index in [0.717, 1.165) is 15.4 Å². The highest BCUT2D eigenvalue weighted by atomic mass is 79.9. The van der Waals surface area contributed by atoms with Gasteiger partial charge in [-0.15, -0.1) is 0 Å². The molecule has 51 heavy (non-hydrogen) atoms. The summed E-state index contributed by atoms with van der Waals surface area (Å²) in [6.07, 6.45) is -9.09. The fourth-order valence-electron chi connectivity index (χ4n) is 4.91. The van der Waals surface area contributed by atoms with Crippen LogP contribution in [0.3, 0.4) is 0 Å². The Hall–Kier alpha value is -3.34. The lowest BCUT2D eigenvalue weighted by molar-refractivity contribution is -0.112. The van der Waals surface area contributed by atoms with Crippen LogP contribution in [0, 0.1) is 0 Å². The van der Waals surface area contributed by atoms with Crippen LogP contribution >= 0.6 is 47.8 Å². The Balaban J connectivity index is 2.13. The van der Waals surface area contributed by atoms with Gasteiger partial charge in [0.15, 0.2) is 0 Å². The molecule has 276 valence electrons. The average molecular weight is 906 g/mol. The topological polar surface area (TPSA) is 294 Å². The van der Waals surface area contributed by atoms with Gasteiger partial charge in [0.1, 0.15) is 24.4 Å². The number of amides is 4. The highest BCUT2D eigenvalue weighted by molar-refractivity contribution is 9.11. The maximum atomic E-state index is 14.1. The zero-order chi connectivity index (χ0) is 38.3. The molecule has 0 saturated heterocycles. The minimum absolute atomic E-state index is 0.0615. The van der Waals surface area contributed by atoms with Crippen molar-refractivity contribution in [3.63, 3.8) is 0 Å². The van der Waals surface area contributed by atoms with Crippen molar-refractivity contribution >= 4 is 82.8 Å². The number of hydrogen-bond acceptors (Lipinski definition) is 12. The summed E-state index contributed by atoms with van der Waals surface area (Å²) in [5.41, 5.74) is 17.1. The number of halogens is 3. The molecule has 5 unspecified atom stereocenters. The first-order chi connectivity index (χ1) is 24.0. The van der Waals surface area contributed by atoms with Gasteiger partial charge in [-0.25, -0.2) is 0 Å². The SMILES string of the molecule is NCc1ccc(C(=O)N(CC(O)C(O)C(O)C(O)CO)c2ccc(C(=O)N(CC(O)CO)c3c(Br)c(C(N)=O)c(Br)c(C(N)=O)c3Br)cc2)cc1. The second-order valence-corrected chi connectivity index (χ2v) is 13.6. The van der Waals surface area contributed by atoms with Crippen LogP contribution in [-0.2, 0) is 6.54 Å². The molecule has 19 heteroatoms. The number of nitrogens with zero attached hydrogens (tertiary/aromatic N) is 2. The van der Waals surface area contributed by atoms with E-state index in [0.29, 0.717) is 0 Å². The van der Waals surface area contributed by atoms with Crippen LogP contribution in [0.15, 0.2) is 61.9 Å². The van der Waals surface area contributed by atoms with Gasteiger partial charge >= 0.3 is 0 Å². The van der Waals surface area contributed by atoms with Crippen LogP contribution in [0.5, 0.6) is 0 Å². The first-order valence-electron chi connectivity index (χ1n) is 14.9. The third-order valence-electron chi connectivity index (χ3n) is 7.71. The second-order valence-electron chi connectivity index (χ2n) is 11.2. The third kappa shape index (κ3) is 9.56. The van der Waals surface area contributed by atoms with Crippen molar-refractivity contribution in [3.05, 3.63) is 89.8 Å². The lowest BCUT2D eigenvalue weighted by atomic mass is 10.0. The highest BCUT2D eigenvalue weighted by Crippen LogP contribution is 2.44. The van der Waals surface area contributed by atoms with Crippen LogP contribution in [0.1, 0.15) is 47.0 Å². The molecule has 0 aromatic heterocycles. The quantitative estimate of drug-likeness (QED) is 0.0888. The Labute approximate surface area is 316 Å². The molecule has 0 heterocycles. The van der Waals surface area contributed by atoms with Crippen molar-refractivity contribution in [2.45, 2.75) is 37.1 Å². The first-order valence-corrected chi connectivity index (χ1v) is 17.3. The molecule has 0 bridgehead atoms. The van der Waals surface area contributed by atoms with Crippen molar-refractivity contribution in [1.82, 2.24) is 0 Å². The molecule has 5 atom stereocenters. The zero-order valence-corrected chi connectivity index (χ0v) is 31.3. The number of aliphatic hydroxyl groups excluding tert-OH is 7. The molecule has 0 fully saturated rings. The number of primary amides is 2. The number of aliphatic hydroxyl groups is 7. The minimum atomic E-state index is -1.99. The van der Waals surface area contributed by atoms with Crippen LogP contribution in [0.4, 0.5) is 11.4 Å². The number of carbonyl (C=O) groups excluding carboxylic acids is 4. The maximum Gasteiger partial charge on any atom is 0.258 e. The monoisotopic (exact) mass is 903 g/mol. The van der Waals surface area contributed by atoms with E-state index in [1.54, 1.807) is 12.1 Å². The summed E-state index contributed by atoms with van der Waals surface area (Å²) in [6.45, 7) is -2.66. The molecule has 0 aliphatic carbocycles. The van der Waals surface area contributed by atoms with Gasteiger partial charge < -0.3 is 62.7 Å². The van der Waals surface area contributed by atoms with E-state index < -0.39 is 80.5 Å². The predicted molar refractivity (Wildman–Crippen MR) is 195 cm³/mol. The third-order valence-corrected chi connectivity index (χ3v) is 10.0. The first kappa shape index (κ1) is 42.1. The minimum Gasteiger partial charge on any atom is -0.394 e. The smallest absolute Gasteiger partial charge is 0.258 e. The van der Waals surface area contributed by atoms with Crippen LogP contribution in [0.2, 0.25) is 0 Å². The maximum absolute atomic E-state index is 14.1. The normalized spacial score (nSPS) is 14.3. The molecule has 3 rings (SSSR count). The van der Waals surface area contributed by atoms with E-state index in [2.05, 4.69) is 47.8 Å². The van der Waals surface area contributed by atoms with Crippen LogP contribution in [-0.4, -0.2) is 116 Å². The molecule has 0 radical (unpaired) electrons. The lowest BCUT2D eigenvalue weighted by Crippen LogP contribution is -2.50. The number of carbonyl (C=O) groups is 4. The standard InChI is InChI=1S/C32H36Br3N5O11/c33-23-21(29(37)48)24(34)26(25(35)22(23)30(38)49)40(10-18(43)12-41)32(51)16-5-7-17(8-6-16)39(11-19(44)27(46)28(47)20(45)13-42)31(50)15-3-1-14(9-36)2-4-15/h1-8,18-20,27-28,41-47H,9-13,36H2,(H2,37,48)(H2,38,49). The van der Waals surface area contributed by atoms with Crippen molar-refractivity contribution in [2.24, 2.45) is 17.2 Å². The van der Waals surface area contributed by atoms with Gasteiger partial charge in [0.2, 0.25) is 0 Å². The summed E-state index contributed by atoms with van der Waals surface area (Å²) >= 11 is 9.68. The van der Waals surface area contributed by atoms with Gasteiger partial charge in [0, 0.05) is 27.8 Å². The molecule has 0 aliphatic heterocycles. The van der Waals surface area contributed by atoms with E-state index in [1.807, 2.05) is 0 Å². The van der Waals surface area contributed by atoms with Crippen LogP contribution in [0.25, 0.3) is 0 Å². The van der Waals surface area contributed by atoms with Gasteiger partial charge in [-0.05, 0) is 89.8 Å². The number of benzene rings is 3. The Morgan fingerprint density at radius 1 is 0.627 bits per heavy atom. The molecule has 0 spiro atoms. The summed E-state index contributed by atoms with van der Waals surface area (Å²) in [6, 6.07) is 11.4. The summed E-state index contributed by atoms with van der Waals surface area (Å²) in [7, 11) is 0. The zero-order valence-electron chi connectivity index (χ0n) is 26.6. The summed E-state index contributed by atoms with van der Waals surface area (Å²) in [5.74, 6) is -3.50. The molecule has 0 aliphatic rings. The molecular formula is C32H36Br3N5O11. The Kier molecular flexibility index (Phi) is 15.2. The van der Waals surface area contributed by atoms with Crippen molar-refractivity contribution < 1.29 is 54.9 Å². The van der Waals surface area contributed by atoms with E-state index in [9.17, 15) is 49.8 Å². The van der Waals surface area contributed by atoms with Crippen molar-refractivity contribution in [1.29, 1.82) is 0 Å². The lowest BCUT2D eigenvalue weighted by Gasteiger charge is -2.31. The largest absolute Gasteiger partial charge is 0.394 e. The average Bonchev–Trinajstić information content (AvgIpc) is 3.11. The van der Waals surface area contributed by atoms with Crippen LogP contribution < -0.4 is 27.0 Å². The van der Waals surface area contributed by atoms with Gasteiger partial charge in [-0.2, -0.15) is 0 Å². The molecule has 3 aromatic rings. The second kappa shape index (κ2) is 18.4. The molecule has 16 nitrogen and oxygen atoms in total. The Morgan fingerprint density at radius 2 is 1.08 bits per heavy atom. The molecular weight excluding hydrogens is 870 g/mol. The van der Waals surface area contributed by atoms with E-state index >= 15 is 0 Å². The number of hydrogen-bond donors (Lipinski definition) is 10. The van der Waals surface area contributed by atoms with E-state index in [1.165, 1.54) is 36.4 Å². The predicted octanol–water partition coefficient (Wildman–Crippen LogP) is -0.287. The number of anilines is 2. The van der Waals surface area contributed by atoms with E-state index in [4.69, 9.17) is 22.3 Å². The molecule has 13 N–H and O–H groups in total. The van der Waals surface area contributed by atoms with Gasteiger partial charge in [-0.3, -0.25) is 19.2 Å². The molecule has 4 amide bonds. The highest BCUT2D eigenvalue weighted by Gasteiger charge is 2.34. The van der Waals surface area contributed by atoms with Gasteiger partial charge in [0.25, 0.3) is 23.6 Å². The van der Waals surface area contributed by atoms with E-state index in [-0.39, 0.29) is 53.6 Å². The summed E-state index contributed by atoms with van der Waals surface area (Å²) < 4.78 is -0.197. The Morgan fingerprint density at radius 3 is 1.51 bits per heavy atom. The fourth-order valence-corrected chi connectivity index (χ4v) is 8.10. The Bertz CT molecular complexity index is 1710. The molecule has 0 saturated carbocycles. The molecule has 3 aromatic carbocycles.